The summed E-state index contributed by atoms with van der Waals surface area (Å²) in [5.41, 5.74) is 4.80. The van der Waals surface area contributed by atoms with Crippen LogP contribution in [0.5, 0.6) is 5.75 Å². The summed E-state index contributed by atoms with van der Waals surface area (Å²) in [4.78, 5) is 19.9. The Kier molecular flexibility index (Phi) is 6.37. The van der Waals surface area contributed by atoms with Crippen LogP contribution in [-0.2, 0) is 12.4 Å². The van der Waals surface area contributed by atoms with E-state index in [1.54, 1.807) is 6.07 Å². The van der Waals surface area contributed by atoms with Gasteiger partial charge >= 0.3 is 0 Å². The Balaban J connectivity index is 1.45. The molecule has 5 rings (SSSR count). The van der Waals surface area contributed by atoms with Gasteiger partial charge in [-0.15, -0.1) is 10.2 Å². The molecule has 8 heteroatoms. The molecule has 35 heavy (non-hydrogen) atoms. The van der Waals surface area contributed by atoms with Crippen molar-refractivity contribution in [3.8, 4) is 11.4 Å². The molecule has 0 radical (unpaired) electrons. The summed E-state index contributed by atoms with van der Waals surface area (Å²) < 4.78 is 8.18. The number of hydrogen-bond acceptors (Lipinski definition) is 6. The van der Waals surface area contributed by atoms with E-state index in [2.05, 4.69) is 39.2 Å². The number of aromatic amines is 1. The molecular formula is C27H25N5O2S. The molecule has 0 atom stereocenters. The number of rotatable bonds is 7. The lowest BCUT2D eigenvalue weighted by molar-refractivity contribution is 0.289. The van der Waals surface area contributed by atoms with Gasteiger partial charge in [0.25, 0.3) is 5.56 Å². The Hall–Kier alpha value is -3.91. The Bertz CT molecular complexity index is 1540. The normalized spacial score (nSPS) is 11.2. The van der Waals surface area contributed by atoms with Crippen LogP contribution in [0.25, 0.3) is 16.6 Å². The molecule has 0 aliphatic rings. The smallest absolute Gasteiger partial charge is 0.258 e. The first-order valence-corrected chi connectivity index (χ1v) is 12.3. The number of thioether (sulfide) groups is 1. The van der Waals surface area contributed by atoms with Crippen LogP contribution in [0.2, 0.25) is 0 Å². The molecule has 0 saturated heterocycles. The molecule has 0 amide bonds. The molecule has 0 saturated carbocycles. The highest BCUT2D eigenvalue weighted by atomic mass is 32.2. The lowest BCUT2D eigenvalue weighted by atomic mass is 10.1. The Morgan fingerprint density at radius 3 is 2.43 bits per heavy atom. The summed E-state index contributed by atoms with van der Waals surface area (Å²) in [5, 5.41) is 10.2. The van der Waals surface area contributed by atoms with E-state index in [1.807, 2.05) is 66.9 Å². The van der Waals surface area contributed by atoms with Gasteiger partial charge < -0.3 is 9.72 Å². The second-order valence-electron chi connectivity index (χ2n) is 8.40. The molecule has 0 aliphatic carbocycles. The lowest BCUT2D eigenvalue weighted by Crippen LogP contribution is -2.11. The molecule has 0 fully saturated rings. The number of fused-ring (bicyclic) bond motifs is 1. The molecule has 3 aromatic carbocycles. The molecule has 7 nitrogen and oxygen atoms in total. The van der Waals surface area contributed by atoms with Crippen LogP contribution in [0.3, 0.4) is 0 Å². The third-order valence-electron chi connectivity index (χ3n) is 5.75. The monoisotopic (exact) mass is 483 g/mol. The summed E-state index contributed by atoms with van der Waals surface area (Å²) in [6.07, 6.45) is 0. The van der Waals surface area contributed by atoms with Gasteiger partial charge in [-0.25, -0.2) is 4.98 Å². The van der Waals surface area contributed by atoms with Crippen molar-refractivity contribution >= 4 is 22.7 Å². The van der Waals surface area contributed by atoms with Crippen LogP contribution in [-0.4, -0.2) is 24.7 Å². The fourth-order valence-electron chi connectivity index (χ4n) is 3.94. The zero-order valence-corrected chi connectivity index (χ0v) is 20.6. The van der Waals surface area contributed by atoms with E-state index in [-0.39, 0.29) is 12.2 Å². The summed E-state index contributed by atoms with van der Waals surface area (Å²) in [7, 11) is 0. The van der Waals surface area contributed by atoms with Crippen LogP contribution < -0.4 is 10.3 Å². The van der Waals surface area contributed by atoms with Crippen molar-refractivity contribution in [2.45, 2.75) is 38.3 Å². The quantitative estimate of drug-likeness (QED) is 0.316. The molecule has 2 aromatic heterocycles. The second kappa shape index (κ2) is 9.76. The third kappa shape index (κ3) is 4.83. The molecule has 1 N–H and O–H groups in total. The van der Waals surface area contributed by atoms with Crippen LogP contribution in [0.1, 0.15) is 28.3 Å². The van der Waals surface area contributed by atoms with E-state index >= 15 is 0 Å². The molecule has 5 aromatic rings. The zero-order valence-electron chi connectivity index (χ0n) is 19.8. The first-order chi connectivity index (χ1) is 17.0. The van der Waals surface area contributed by atoms with Crippen molar-refractivity contribution in [2.24, 2.45) is 0 Å². The molecule has 0 spiro atoms. The first-order valence-electron chi connectivity index (χ1n) is 11.3. The predicted octanol–water partition coefficient (Wildman–Crippen LogP) is 5.30. The van der Waals surface area contributed by atoms with E-state index in [0.29, 0.717) is 33.5 Å². The lowest BCUT2D eigenvalue weighted by Gasteiger charge is -2.14. The van der Waals surface area contributed by atoms with Crippen molar-refractivity contribution in [3.63, 3.8) is 0 Å². The summed E-state index contributed by atoms with van der Waals surface area (Å²) in [5.74, 6) is 2.59. The van der Waals surface area contributed by atoms with Crippen LogP contribution >= 0.6 is 11.8 Å². The number of ether oxygens (including phenoxy) is 1. The van der Waals surface area contributed by atoms with Gasteiger partial charge in [-0.1, -0.05) is 59.8 Å². The molecule has 0 bridgehead atoms. The minimum Gasteiger partial charge on any atom is -0.485 e. The van der Waals surface area contributed by atoms with Crippen molar-refractivity contribution in [1.82, 2.24) is 24.7 Å². The topological polar surface area (TPSA) is 85.7 Å². The summed E-state index contributed by atoms with van der Waals surface area (Å²) >= 11 is 1.47. The number of benzene rings is 3. The molecule has 176 valence electrons. The number of para-hydroxylation sites is 2. The van der Waals surface area contributed by atoms with Gasteiger partial charge in [0.2, 0.25) is 0 Å². The van der Waals surface area contributed by atoms with E-state index in [0.717, 1.165) is 22.6 Å². The van der Waals surface area contributed by atoms with Crippen LogP contribution in [0.4, 0.5) is 0 Å². The zero-order chi connectivity index (χ0) is 24.4. The third-order valence-corrected chi connectivity index (χ3v) is 6.69. The van der Waals surface area contributed by atoms with Crippen molar-refractivity contribution in [2.75, 3.05) is 0 Å². The van der Waals surface area contributed by atoms with Crippen molar-refractivity contribution in [3.05, 3.63) is 105 Å². The standard InChI is InChI=1S/C27H25N5O2S/c1-17-11-13-20(14-12-17)32-24(15-34-25-18(2)7-6-8-19(25)3)30-31-27(32)35-16-23-28-22-10-5-4-9-21(22)26(33)29-23/h4-14H,15-16H2,1-3H3,(H,28,29,33). The van der Waals surface area contributed by atoms with Crippen molar-refractivity contribution in [1.29, 1.82) is 0 Å². The fraction of sp³-hybridized carbons (Fsp3) is 0.185. The van der Waals surface area contributed by atoms with Gasteiger partial charge in [0.1, 0.15) is 18.2 Å². The first kappa shape index (κ1) is 22.9. The van der Waals surface area contributed by atoms with Crippen molar-refractivity contribution < 1.29 is 4.74 Å². The van der Waals surface area contributed by atoms with E-state index in [1.165, 1.54) is 17.3 Å². The Morgan fingerprint density at radius 2 is 1.66 bits per heavy atom. The van der Waals surface area contributed by atoms with Gasteiger partial charge in [0.15, 0.2) is 11.0 Å². The second-order valence-corrected chi connectivity index (χ2v) is 9.34. The number of nitrogens with zero attached hydrogens (tertiary/aromatic N) is 4. The van der Waals surface area contributed by atoms with Crippen LogP contribution in [0.15, 0.2) is 76.7 Å². The number of hydrogen-bond donors (Lipinski definition) is 1. The average Bonchev–Trinajstić information content (AvgIpc) is 3.26. The number of aromatic nitrogens is 5. The van der Waals surface area contributed by atoms with E-state index in [4.69, 9.17) is 4.74 Å². The highest BCUT2D eigenvalue weighted by Gasteiger charge is 2.17. The van der Waals surface area contributed by atoms with Crippen LogP contribution in [0, 0.1) is 20.8 Å². The average molecular weight is 484 g/mol. The fourth-order valence-corrected chi connectivity index (χ4v) is 4.78. The Labute approximate surface area is 207 Å². The van der Waals surface area contributed by atoms with E-state index in [9.17, 15) is 4.79 Å². The number of aryl methyl sites for hydroxylation is 3. The highest BCUT2D eigenvalue weighted by Crippen LogP contribution is 2.27. The molecular weight excluding hydrogens is 458 g/mol. The predicted molar refractivity (Wildman–Crippen MR) is 138 cm³/mol. The maximum atomic E-state index is 12.5. The number of nitrogens with one attached hydrogen (secondary N) is 1. The molecule has 0 aliphatic heterocycles. The summed E-state index contributed by atoms with van der Waals surface area (Å²) in [6.45, 7) is 6.40. The highest BCUT2D eigenvalue weighted by molar-refractivity contribution is 7.98. The molecule has 0 unspecified atom stereocenters. The SMILES string of the molecule is Cc1ccc(-n2c(COc3c(C)cccc3C)nnc2SCc2nc3ccccc3c(=O)[nH]2)cc1. The minimum absolute atomic E-state index is 0.145. The van der Waals surface area contributed by atoms with E-state index < -0.39 is 0 Å². The van der Waals surface area contributed by atoms with Gasteiger partial charge in [0.05, 0.1) is 16.7 Å². The number of H-pyrrole nitrogens is 1. The maximum Gasteiger partial charge on any atom is 0.258 e. The minimum atomic E-state index is -0.145. The van der Waals surface area contributed by atoms with Gasteiger partial charge in [-0.3, -0.25) is 9.36 Å². The Morgan fingerprint density at radius 1 is 0.914 bits per heavy atom. The summed E-state index contributed by atoms with van der Waals surface area (Å²) in [6, 6.07) is 21.6. The van der Waals surface area contributed by atoms with Gasteiger partial charge in [-0.05, 0) is 56.2 Å². The maximum absolute atomic E-state index is 12.5. The molecule has 2 heterocycles. The van der Waals surface area contributed by atoms with Gasteiger partial charge in [-0.2, -0.15) is 0 Å². The van der Waals surface area contributed by atoms with Gasteiger partial charge in [0, 0.05) is 5.69 Å². The largest absolute Gasteiger partial charge is 0.485 e.